The number of nitrogens with one attached hydrogen (secondary N) is 1. The molecule has 0 aliphatic heterocycles. The molecule has 146 valence electrons. The van der Waals surface area contributed by atoms with Crippen molar-refractivity contribution in [1.82, 2.24) is 0 Å². The first-order chi connectivity index (χ1) is 11.7. The fraction of sp³-hybridized carbons (Fsp3) is 0.632. The number of halogens is 3. The van der Waals surface area contributed by atoms with Gasteiger partial charge >= 0.3 is 6.09 Å². The van der Waals surface area contributed by atoms with Gasteiger partial charge in [0.25, 0.3) is 0 Å². The zero-order valence-corrected chi connectivity index (χ0v) is 18.6. The minimum atomic E-state index is -1.64. The molecule has 1 aliphatic carbocycles. The third-order valence-electron chi connectivity index (χ3n) is 6.39. The zero-order chi connectivity index (χ0) is 20.2. The quantitative estimate of drug-likeness (QED) is 0.637. The summed E-state index contributed by atoms with van der Waals surface area (Å²) in [5.74, 6) is 0. The van der Waals surface area contributed by atoms with Crippen LogP contribution in [0.25, 0.3) is 0 Å². The minimum absolute atomic E-state index is 0.0274. The number of amides is 1. The predicted octanol–water partition coefficient (Wildman–Crippen LogP) is 5.46. The van der Waals surface area contributed by atoms with Gasteiger partial charge in [0.2, 0.25) is 3.79 Å². The highest BCUT2D eigenvalue weighted by molar-refractivity contribution is 6.67. The van der Waals surface area contributed by atoms with Gasteiger partial charge in [-0.2, -0.15) is 0 Å². The number of rotatable bonds is 3. The van der Waals surface area contributed by atoms with E-state index in [-0.39, 0.29) is 23.5 Å². The van der Waals surface area contributed by atoms with E-state index in [1.807, 2.05) is 13.8 Å². The molecule has 4 nitrogen and oxygen atoms in total. The van der Waals surface area contributed by atoms with Gasteiger partial charge in [0.05, 0.1) is 5.69 Å². The molecule has 0 saturated heterocycles. The lowest BCUT2D eigenvalue weighted by atomic mass is 9.80. The van der Waals surface area contributed by atoms with Gasteiger partial charge in [0.15, 0.2) is 0 Å². The molecule has 0 spiro atoms. The van der Waals surface area contributed by atoms with Gasteiger partial charge in [-0.1, -0.05) is 55.6 Å². The Hall–Kier alpha value is -0.680. The van der Waals surface area contributed by atoms with Crippen LogP contribution in [-0.2, 0) is 10.2 Å². The van der Waals surface area contributed by atoms with E-state index in [9.17, 15) is 4.79 Å². The van der Waals surface area contributed by atoms with Crippen LogP contribution in [0.4, 0.5) is 10.5 Å². The number of hydrogen-bond acceptors (Lipinski definition) is 3. The zero-order valence-electron chi connectivity index (χ0n) is 16.3. The Labute approximate surface area is 170 Å². The van der Waals surface area contributed by atoms with Gasteiger partial charge in [0.1, 0.15) is 6.61 Å². The number of alkyl halides is 3. The molecule has 2 atom stereocenters. The SMILES string of the molecule is Cc1c(C)c(C2(C)C(N)C2(C)C)c(C)c(C)c1NC(=O)OCC(Cl)(Cl)Cl. The summed E-state index contributed by atoms with van der Waals surface area (Å²) in [6.45, 7) is 14.4. The standard InChI is InChI=1S/C19H27Cl3N2O2/c1-9-11(3)14(24-16(25)26-8-19(20,21)22)12(4)10(2)13(9)18(7)15(23)17(18,5)6/h15H,8,23H2,1-7H3,(H,24,25). The van der Waals surface area contributed by atoms with E-state index in [1.54, 1.807) is 0 Å². The van der Waals surface area contributed by atoms with Gasteiger partial charge in [-0.25, -0.2) is 4.79 Å². The van der Waals surface area contributed by atoms with E-state index >= 15 is 0 Å². The van der Waals surface area contributed by atoms with Gasteiger partial charge < -0.3 is 10.5 Å². The summed E-state index contributed by atoms with van der Waals surface area (Å²) in [7, 11) is 0. The summed E-state index contributed by atoms with van der Waals surface area (Å²) >= 11 is 16.9. The second-order valence-corrected chi connectivity index (χ2v) is 10.5. The maximum atomic E-state index is 12.1. The average molecular weight is 422 g/mol. The van der Waals surface area contributed by atoms with E-state index in [0.717, 1.165) is 27.9 Å². The number of carbonyl (C=O) groups is 1. The van der Waals surface area contributed by atoms with E-state index < -0.39 is 9.89 Å². The van der Waals surface area contributed by atoms with Crippen LogP contribution in [0.2, 0.25) is 0 Å². The van der Waals surface area contributed by atoms with Crippen molar-refractivity contribution in [3.63, 3.8) is 0 Å². The summed E-state index contributed by atoms with van der Waals surface area (Å²) in [6, 6.07) is 0.0965. The summed E-state index contributed by atoms with van der Waals surface area (Å²) in [5, 5.41) is 2.80. The summed E-state index contributed by atoms with van der Waals surface area (Å²) in [5.41, 5.74) is 12.6. The summed E-state index contributed by atoms with van der Waals surface area (Å²) in [4.78, 5) is 12.1. The largest absolute Gasteiger partial charge is 0.445 e. The molecule has 7 heteroatoms. The second kappa shape index (κ2) is 6.73. The van der Waals surface area contributed by atoms with Crippen LogP contribution in [0.5, 0.6) is 0 Å². The molecule has 26 heavy (non-hydrogen) atoms. The Bertz CT molecular complexity index is 727. The highest BCUT2D eigenvalue weighted by Gasteiger charge is 2.67. The number of carbonyl (C=O) groups excluding carboxylic acids is 1. The van der Waals surface area contributed by atoms with Gasteiger partial charge in [-0.05, 0) is 60.9 Å². The van der Waals surface area contributed by atoms with E-state index in [2.05, 4.69) is 39.9 Å². The highest BCUT2D eigenvalue weighted by Crippen LogP contribution is 2.64. The highest BCUT2D eigenvalue weighted by atomic mass is 35.6. The molecule has 2 rings (SSSR count). The third kappa shape index (κ3) is 3.42. The maximum absolute atomic E-state index is 12.1. The van der Waals surface area contributed by atoms with Crippen molar-refractivity contribution in [1.29, 1.82) is 0 Å². The Morgan fingerprint density at radius 1 is 1.08 bits per heavy atom. The summed E-state index contributed by atoms with van der Waals surface area (Å²) in [6.07, 6.45) is -0.649. The molecular weight excluding hydrogens is 395 g/mol. The average Bonchev–Trinajstić information content (AvgIpc) is 2.91. The molecule has 3 N–H and O–H groups in total. The van der Waals surface area contributed by atoms with Crippen LogP contribution >= 0.6 is 34.8 Å². The topological polar surface area (TPSA) is 64.3 Å². The first-order valence-corrected chi connectivity index (χ1v) is 9.66. The first-order valence-electron chi connectivity index (χ1n) is 8.53. The number of ether oxygens (including phenoxy) is 1. The monoisotopic (exact) mass is 420 g/mol. The molecular formula is C19H27Cl3N2O2. The van der Waals surface area contributed by atoms with Crippen molar-refractivity contribution < 1.29 is 9.53 Å². The Kier molecular flexibility index (Phi) is 5.60. The lowest BCUT2D eigenvalue weighted by Crippen LogP contribution is -2.24. The van der Waals surface area contributed by atoms with Crippen LogP contribution in [-0.4, -0.2) is 22.5 Å². The number of anilines is 1. The molecule has 1 aromatic rings. The van der Waals surface area contributed by atoms with Gasteiger partial charge in [-0.15, -0.1) is 0 Å². The lowest BCUT2D eigenvalue weighted by molar-refractivity contribution is 0.164. The minimum Gasteiger partial charge on any atom is -0.445 e. The van der Waals surface area contributed by atoms with Crippen LogP contribution in [0, 0.1) is 33.1 Å². The van der Waals surface area contributed by atoms with Crippen molar-refractivity contribution >= 4 is 46.6 Å². The number of benzene rings is 1. The molecule has 1 saturated carbocycles. The molecule has 2 unspecified atom stereocenters. The van der Waals surface area contributed by atoms with Crippen molar-refractivity contribution in [3.05, 3.63) is 27.8 Å². The van der Waals surface area contributed by atoms with Crippen LogP contribution in [0.3, 0.4) is 0 Å². The molecule has 0 radical (unpaired) electrons. The summed E-state index contributed by atoms with van der Waals surface area (Å²) < 4.78 is 3.35. The van der Waals surface area contributed by atoms with Crippen molar-refractivity contribution in [3.8, 4) is 0 Å². The normalized spacial score (nSPS) is 24.3. The lowest BCUT2D eigenvalue weighted by Gasteiger charge is -2.26. The number of nitrogens with two attached hydrogens (primary N) is 1. The fourth-order valence-electron chi connectivity index (χ4n) is 4.07. The Morgan fingerprint density at radius 2 is 1.50 bits per heavy atom. The van der Waals surface area contributed by atoms with Crippen molar-refractivity contribution in [2.24, 2.45) is 11.1 Å². The molecule has 0 heterocycles. The van der Waals surface area contributed by atoms with Gasteiger partial charge in [-0.3, -0.25) is 5.32 Å². The molecule has 1 amide bonds. The third-order valence-corrected chi connectivity index (χ3v) is 6.72. The molecule has 1 aliphatic rings. The molecule has 1 fully saturated rings. The van der Waals surface area contributed by atoms with Gasteiger partial charge in [0, 0.05) is 11.5 Å². The molecule has 0 aromatic heterocycles. The second-order valence-electron chi connectivity index (χ2n) is 7.97. The van der Waals surface area contributed by atoms with E-state index in [1.165, 1.54) is 5.56 Å². The fourth-order valence-corrected chi connectivity index (χ4v) is 4.23. The van der Waals surface area contributed by atoms with E-state index in [0.29, 0.717) is 0 Å². The van der Waals surface area contributed by atoms with E-state index in [4.69, 9.17) is 45.3 Å². The Morgan fingerprint density at radius 3 is 1.85 bits per heavy atom. The Balaban J connectivity index is 2.40. The maximum Gasteiger partial charge on any atom is 0.411 e. The van der Waals surface area contributed by atoms with Crippen LogP contribution in [0.1, 0.15) is 48.6 Å². The number of hydrogen-bond donors (Lipinski definition) is 2. The van der Waals surface area contributed by atoms with Crippen molar-refractivity contribution in [2.45, 2.75) is 63.7 Å². The smallest absolute Gasteiger partial charge is 0.411 e. The van der Waals surface area contributed by atoms with Crippen molar-refractivity contribution in [2.75, 3.05) is 11.9 Å². The predicted molar refractivity (Wildman–Crippen MR) is 110 cm³/mol. The molecule has 0 bridgehead atoms. The van der Waals surface area contributed by atoms with Crippen LogP contribution in [0.15, 0.2) is 0 Å². The van der Waals surface area contributed by atoms with Crippen LogP contribution < -0.4 is 11.1 Å². The first kappa shape index (κ1) is 21.6. The molecule has 1 aromatic carbocycles.